The highest BCUT2D eigenvalue weighted by Gasteiger charge is 1.96. The van der Waals surface area contributed by atoms with Crippen LogP contribution in [0, 0.1) is 11.5 Å². The summed E-state index contributed by atoms with van der Waals surface area (Å²) in [6, 6.07) is 7.46. The number of rotatable bonds is 7. The van der Waals surface area contributed by atoms with Crippen LogP contribution in [0.2, 0.25) is 0 Å². The average Bonchev–Trinajstić information content (AvgIpc) is 2.30. The van der Waals surface area contributed by atoms with Crippen molar-refractivity contribution < 1.29 is 4.74 Å². The molecule has 0 saturated carbocycles. The van der Waals surface area contributed by atoms with Gasteiger partial charge in [0.15, 0.2) is 6.19 Å². The predicted octanol–water partition coefficient (Wildman–Crippen LogP) is 3.54. The van der Waals surface area contributed by atoms with E-state index in [4.69, 9.17) is 10.00 Å². The maximum atomic E-state index is 8.48. The van der Waals surface area contributed by atoms with Crippen molar-refractivity contribution in [1.82, 2.24) is 0 Å². The molecule has 0 unspecified atom stereocenters. The molecule has 1 aromatic rings. The molecule has 3 heteroatoms. The molecule has 0 aromatic heterocycles. The van der Waals surface area contributed by atoms with Crippen molar-refractivity contribution >= 4 is 5.69 Å². The molecule has 1 rings (SSSR count). The molecular weight excluding hydrogens is 200 g/mol. The predicted molar refractivity (Wildman–Crippen MR) is 65.3 cm³/mol. The topological polar surface area (TPSA) is 45.0 Å². The van der Waals surface area contributed by atoms with Crippen LogP contribution in [-0.2, 0) is 0 Å². The van der Waals surface area contributed by atoms with E-state index in [1.165, 1.54) is 19.3 Å². The molecule has 0 aliphatic heterocycles. The lowest BCUT2D eigenvalue weighted by Gasteiger charge is -2.06. The second kappa shape index (κ2) is 7.58. The molecule has 0 aliphatic carbocycles. The number of unbranched alkanes of at least 4 members (excludes halogenated alkanes) is 3. The first-order chi connectivity index (χ1) is 7.86. The Morgan fingerprint density at radius 1 is 1.31 bits per heavy atom. The summed E-state index contributed by atoms with van der Waals surface area (Å²) >= 11 is 0. The molecule has 0 aliphatic rings. The largest absolute Gasteiger partial charge is 0.494 e. The third-order valence-electron chi connectivity index (χ3n) is 2.30. The van der Waals surface area contributed by atoms with E-state index in [1.807, 2.05) is 30.5 Å². The fourth-order valence-corrected chi connectivity index (χ4v) is 1.45. The minimum Gasteiger partial charge on any atom is -0.494 e. The highest BCUT2D eigenvalue weighted by molar-refractivity contribution is 5.50. The van der Waals surface area contributed by atoms with Crippen LogP contribution in [-0.4, -0.2) is 6.61 Å². The van der Waals surface area contributed by atoms with E-state index in [1.54, 1.807) is 0 Å². The van der Waals surface area contributed by atoms with E-state index in [2.05, 4.69) is 12.2 Å². The van der Waals surface area contributed by atoms with E-state index in [9.17, 15) is 0 Å². The van der Waals surface area contributed by atoms with Gasteiger partial charge in [0.05, 0.1) is 12.3 Å². The molecule has 0 radical (unpaired) electrons. The Kier molecular flexibility index (Phi) is 5.87. The van der Waals surface area contributed by atoms with Crippen molar-refractivity contribution in [3.05, 3.63) is 24.3 Å². The van der Waals surface area contributed by atoms with Gasteiger partial charge in [-0.15, -0.1) is 0 Å². The second-order valence-electron chi connectivity index (χ2n) is 3.67. The highest BCUT2D eigenvalue weighted by Crippen LogP contribution is 2.17. The molecule has 0 heterocycles. The van der Waals surface area contributed by atoms with Crippen LogP contribution in [0.1, 0.15) is 32.6 Å². The maximum absolute atomic E-state index is 8.48. The van der Waals surface area contributed by atoms with Crippen LogP contribution in [0.15, 0.2) is 24.3 Å². The van der Waals surface area contributed by atoms with Crippen molar-refractivity contribution in [2.24, 2.45) is 0 Å². The molecule has 0 amide bonds. The fraction of sp³-hybridized carbons (Fsp3) is 0.462. The third kappa shape index (κ3) is 4.70. The number of hydrogen-bond acceptors (Lipinski definition) is 3. The molecule has 0 bridgehead atoms. The lowest BCUT2D eigenvalue weighted by atomic mass is 10.2. The molecule has 1 N–H and O–H groups in total. The van der Waals surface area contributed by atoms with Crippen molar-refractivity contribution in [2.75, 3.05) is 11.9 Å². The molecule has 0 atom stereocenters. The van der Waals surface area contributed by atoms with E-state index in [0.717, 1.165) is 24.5 Å². The van der Waals surface area contributed by atoms with Gasteiger partial charge in [-0.3, -0.25) is 5.32 Å². The zero-order chi connectivity index (χ0) is 11.6. The maximum Gasteiger partial charge on any atom is 0.181 e. The average molecular weight is 218 g/mol. The van der Waals surface area contributed by atoms with E-state index < -0.39 is 0 Å². The van der Waals surface area contributed by atoms with Crippen LogP contribution < -0.4 is 10.1 Å². The first-order valence-corrected chi connectivity index (χ1v) is 5.74. The van der Waals surface area contributed by atoms with Gasteiger partial charge in [-0.25, -0.2) is 0 Å². The normalized spacial score (nSPS) is 9.50. The summed E-state index contributed by atoms with van der Waals surface area (Å²) in [4.78, 5) is 0. The summed E-state index contributed by atoms with van der Waals surface area (Å²) in [6.07, 6.45) is 6.69. The Hall–Kier alpha value is -1.69. The summed E-state index contributed by atoms with van der Waals surface area (Å²) in [6.45, 7) is 2.94. The van der Waals surface area contributed by atoms with E-state index >= 15 is 0 Å². The highest BCUT2D eigenvalue weighted by atomic mass is 16.5. The summed E-state index contributed by atoms with van der Waals surface area (Å²) in [5.41, 5.74) is 0.772. The minimum atomic E-state index is 0.746. The molecule has 1 aromatic carbocycles. The zero-order valence-electron chi connectivity index (χ0n) is 9.70. The molecule has 0 fully saturated rings. The quantitative estimate of drug-likeness (QED) is 0.432. The zero-order valence-corrected chi connectivity index (χ0v) is 9.70. The van der Waals surface area contributed by atoms with Gasteiger partial charge in [-0.05, 0) is 18.6 Å². The Morgan fingerprint density at radius 3 is 2.94 bits per heavy atom. The minimum absolute atomic E-state index is 0.746. The van der Waals surface area contributed by atoms with Crippen LogP contribution in [0.3, 0.4) is 0 Å². The molecule has 16 heavy (non-hydrogen) atoms. The molecule has 0 saturated heterocycles. The number of hydrogen-bond donors (Lipinski definition) is 1. The second-order valence-corrected chi connectivity index (χ2v) is 3.67. The standard InChI is InChI=1S/C13H18N2O/c1-2-3-4-5-9-16-13-8-6-7-12(10-13)15-11-14/h6-8,10,15H,2-5,9H2,1H3. The smallest absolute Gasteiger partial charge is 0.181 e. The van der Waals surface area contributed by atoms with Gasteiger partial charge >= 0.3 is 0 Å². The van der Waals surface area contributed by atoms with Gasteiger partial charge in [-0.1, -0.05) is 32.3 Å². The van der Waals surface area contributed by atoms with Crippen LogP contribution >= 0.6 is 0 Å². The Bertz CT molecular complexity index is 344. The lowest BCUT2D eigenvalue weighted by molar-refractivity contribution is 0.305. The van der Waals surface area contributed by atoms with Gasteiger partial charge in [0.1, 0.15) is 5.75 Å². The summed E-state index contributed by atoms with van der Waals surface area (Å²) in [5.74, 6) is 0.816. The van der Waals surface area contributed by atoms with Crippen LogP contribution in [0.4, 0.5) is 5.69 Å². The Balaban J connectivity index is 2.31. The van der Waals surface area contributed by atoms with Gasteiger partial charge in [-0.2, -0.15) is 5.26 Å². The SMILES string of the molecule is CCCCCCOc1cccc(NC#N)c1. The van der Waals surface area contributed by atoms with Gasteiger partial charge in [0.25, 0.3) is 0 Å². The Morgan fingerprint density at radius 2 is 2.19 bits per heavy atom. The van der Waals surface area contributed by atoms with Crippen LogP contribution in [0.25, 0.3) is 0 Å². The lowest BCUT2D eigenvalue weighted by Crippen LogP contribution is -1.97. The first kappa shape index (κ1) is 12.4. The summed E-state index contributed by atoms with van der Waals surface area (Å²) in [5, 5.41) is 11.1. The van der Waals surface area contributed by atoms with Crippen molar-refractivity contribution in [3.63, 3.8) is 0 Å². The number of benzene rings is 1. The van der Waals surface area contributed by atoms with Crippen molar-refractivity contribution in [2.45, 2.75) is 32.6 Å². The van der Waals surface area contributed by atoms with Crippen molar-refractivity contribution in [1.29, 1.82) is 5.26 Å². The van der Waals surface area contributed by atoms with E-state index in [-0.39, 0.29) is 0 Å². The van der Waals surface area contributed by atoms with Crippen LogP contribution in [0.5, 0.6) is 5.75 Å². The van der Waals surface area contributed by atoms with Crippen molar-refractivity contribution in [3.8, 4) is 11.9 Å². The van der Waals surface area contributed by atoms with Gasteiger partial charge < -0.3 is 4.74 Å². The monoisotopic (exact) mass is 218 g/mol. The summed E-state index contributed by atoms with van der Waals surface area (Å²) < 4.78 is 5.59. The molecule has 86 valence electrons. The third-order valence-corrected chi connectivity index (χ3v) is 2.30. The number of anilines is 1. The Labute approximate surface area is 97.0 Å². The number of nitriles is 1. The number of ether oxygens (including phenoxy) is 1. The van der Waals surface area contributed by atoms with Gasteiger partial charge in [0, 0.05) is 6.07 Å². The number of nitrogens with one attached hydrogen (secondary N) is 1. The van der Waals surface area contributed by atoms with E-state index in [0.29, 0.717) is 0 Å². The molecule has 0 spiro atoms. The molecular formula is C13H18N2O. The summed E-state index contributed by atoms with van der Waals surface area (Å²) in [7, 11) is 0. The fourth-order valence-electron chi connectivity index (χ4n) is 1.45. The number of nitrogens with zero attached hydrogens (tertiary/aromatic N) is 1. The van der Waals surface area contributed by atoms with Gasteiger partial charge in [0.2, 0.25) is 0 Å². The molecule has 3 nitrogen and oxygen atoms in total. The first-order valence-electron chi connectivity index (χ1n) is 5.74.